The molecule has 2 aliphatic rings. The Morgan fingerprint density at radius 3 is 2.39 bits per heavy atom. The summed E-state index contributed by atoms with van der Waals surface area (Å²) in [5, 5.41) is 9.33. The van der Waals surface area contributed by atoms with Gasteiger partial charge in [-0.2, -0.15) is 0 Å². The van der Waals surface area contributed by atoms with Crippen LogP contribution in [0.15, 0.2) is 30.3 Å². The molecule has 152 valence electrons. The number of carboxylic acid groups (broad SMARTS) is 1. The first-order valence-electron chi connectivity index (χ1n) is 9.87. The fraction of sp³-hybridized carbons (Fsp3) is 0.571. The third-order valence-corrected chi connectivity index (χ3v) is 5.83. The number of hydrogen-bond acceptors (Lipinski definition) is 4. The Morgan fingerprint density at radius 2 is 1.79 bits per heavy atom. The van der Waals surface area contributed by atoms with Crippen LogP contribution in [-0.2, 0) is 14.4 Å². The number of hydrogen-bond donors (Lipinski definition) is 1. The molecule has 2 saturated heterocycles. The molecule has 0 aliphatic carbocycles. The van der Waals surface area contributed by atoms with E-state index in [2.05, 4.69) is 0 Å². The van der Waals surface area contributed by atoms with Gasteiger partial charge in [0.15, 0.2) is 0 Å². The lowest BCUT2D eigenvalue weighted by Gasteiger charge is -2.33. The van der Waals surface area contributed by atoms with Crippen LogP contribution < -0.4 is 4.74 Å². The Balaban J connectivity index is 1.41. The van der Waals surface area contributed by atoms with Gasteiger partial charge in [-0.05, 0) is 38.3 Å². The van der Waals surface area contributed by atoms with E-state index in [0.717, 1.165) is 5.75 Å². The third kappa shape index (κ3) is 4.64. The normalized spacial score (nSPS) is 22.9. The molecule has 7 heteroatoms. The second-order valence-corrected chi connectivity index (χ2v) is 7.94. The Morgan fingerprint density at radius 1 is 1.11 bits per heavy atom. The highest BCUT2D eigenvalue weighted by atomic mass is 16.5. The van der Waals surface area contributed by atoms with E-state index in [-0.39, 0.29) is 24.3 Å². The largest absolute Gasteiger partial charge is 0.493 e. The van der Waals surface area contributed by atoms with Gasteiger partial charge in [0.1, 0.15) is 5.75 Å². The second kappa shape index (κ2) is 8.63. The van der Waals surface area contributed by atoms with Crippen LogP contribution in [0.4, 0.5) is 0 Å². The smallest absolute Gasteiger partial charge is 0.311 e. The zero-order valence-corrected chi connectivity index (χ0v) is 16.3. The molecule has 2 amide bonds. The maximum atomic E-state index is 12.7. The van der Waals surface area contributed by atoms with E-state index in [0.29, 0.717) is 51.9 Å². The summed E-state index contributed by atoms with van der Waals surface area (Å²) in [4.78, 5) is 39.9. The van der Waals surface area contributed by atoms with Crippen molar-refractivity contribution in [2.75, 3.05) is 32.8 Å². The average molecular weight is 388 g/mol. The van der Waals surface area contributed by atoms with E-state index in [9.17, 15) is 19.5 Å². The molecule has 1 unspecified atom stereocenters. The van der Waals surface area contributed by atoms with E-state index in [4.69, 9.17) is 4.74 Å². The van der Waals surface area contributed by atoms with Crippen molar-refractivity contribution in [3.63, 3.8) is 0 Å². The zero-order valence-electron chi connectivity index (χ0n) is 16.3. The summed E-state index contributed by atoms with van der Waals surface area (Å²) in [5.41, 5.74) is -0.842. The number of likely N-dealkylation sites (tertiary alicyclic amines) is 2. The number of nitrogens with zero attached hydrogens (tertiary/aromatic N) is 2. The predicted octanol–water partition coefficient (Wildman–Crippen LogP) is 2.02. The molecule has 2 fully saturated rings. The Labute approximate surface area is 165 Å². The van der Waals surface area contributed by atoms with E-state index in [1.54, 1.807) is 16.7 Å². The van der Waals surface area contributed by atoms with Crippen LogP contribution >= 0.6 is 0 Å². The Bertz CT molecular complexity index is 715. The van der Waals surface area contributed by atoms with Gasteiger partial charge in [0.05, 0.1) is 18.4 Å². The molecule has 1 aromatic carbocycles. The number of para-hydroxylation sites is 1. The van der Waals surface area contributed by atoms with Crippen molar-refractivity contribution in [1.82, 2.24) is 9.80 Å². The summed E-state index contributed by atoms with van der Waals surface area (Å²) in [6.45, 7) is 3.93. The molecule has 0 aromatic heterocycles. The van der Waals surface area contributed by atoms with Crippen LogP contribution in [0, 0.1) is 11.3 Å². The molecule has 0 spiro atoms. The molecule has 0 radical (unpaired) electrons. The number of amides is 2. The summed E-state index contributed by atoms with van der Waals surface area (Å²) >= 11 is 0. The average Bonchev–Trinajstić information content (AvgIpc) is 3.12. The monoisotopic (exact) mass is 388 g/mol. The van der Waals surface area contributed by atoms with Gasteiger partial charge in [-0.25, -0.2) is 0 Å². The number of carboxylic acids is 1. The van der Waals surface area contributed by atoms with Crippen LogP contribution in [0.1, 0.15) is 32.6 Å². The summed E-state index contributed by atoms with van der Waals surface area (Å²) in [7, 11) is 0. The minimum atomic E-state index is -0.846. The molecule has 2 heterocycles. The van der Waals surface area contributed by atoms with Crippen LogP contribution in [0.5, 0.6) is 5.75 Å². The molecule has 28 heavy (non-hydrogen) atoms. The van der Waals surface area contributed by atoms with Crippen molar-refractivity contribution >= 4 is 17.8 Å². The molecule has 7 nitrogen and oxygen atoms in total. The predicted molar refractivity (Wildman–Crippen MR) is 103 cm³/mol. The second-order valence-electron chi connectivity index (χ2n) is 7.94. The van der Waals surface area contributed by atoms with Crippen molar-refractivity contribution in [3.05, 3.63) is 30.3 Å². The topological polar surface area (TPSA) is 87.2 Å². The van der Waals surface area contributed by atoms with Gasteiger partial charge in [-0.3, -0.25) is 14.4 Å². The summed E-state index contributed by atoms with van der Waals surface area (Å²) in [6.07, 6.45) is 2.07. The summed E-state index contributed by atoms with van der Waals surface area (Å²) < 4.78 is 5.58. The van der Waals surface area contributed by atoms with Crippen molar-refractivity contribution in [3.8, 4) is 5.75 Å². The number of benzene rings is 1. The maximum absolute atomic E-state index is 12.7. The molecule has 0 bridgehead atoms. The SMILES string of the molecule is CC1(C(=O)O)CCN(C(=O)C2CCN(C(=O)CCOc3ccccc3)CC2)C1. The number of ether oxygens (including phenoxy) is 1. The van der Waals surface area contributed by atoms with Crippen molar-refractivity contribution in [1.29, 1.82) is 0 Å². The number of rotatable bonds is 6. The highest BCUT2D eigenvalue weighted by Gasteiger charge is 2.43. The molecular weight excluding hydrogens is 360 g/mol. The van der Waals surface area contributed by atoms with Gasteiger partial charge < -0.3 is 19.6 Å². The van der Waals surface area contributed by atoms with Crippen molar-refractivity contribution in [2.45, 2.75) is 32.6 Å². The van der Waals surface area contributed by atoms with Gasteiger partial charge in [0.2, 0.25) is 11.8 Å². The van der Waals surface area contributed by atoms with Gasteiger partial charge >= 0.3 is 5.97 Å². The van der Waals surface area contributed by atoms with Crippen molar-refractivity contribution in [2.24, 2.45) is 11.3 Å². The fourth-order valence-electron chi connectivity index (χ4n) is 3.89. The molecule has 1 N–H and O–H groups in total. The Kier molecular flexibility index (Phi) is 6.21. The zero-order chi connectivity index (χ0) is 20.1. The molecule has 1 aromatic rings. The lowest BCUT2D eigenvalue weighted by atomic mass is 9.90. The highest BCUT2D eigenvalue weighted by Crippen LogP contribution is 2.32. The van der Waals surface area contributed by atoms with E-state index in [1.165, 1.54) is 0 Å². The highest BCUT2D eigenvalue weighted by molar-refractivity contribution is 5.82. The molecule has 2 aliphatic heterocycles. The minimum absolute atomic E-state index is 0.0319. The summed E-state index contributed by atoms with van der Waals surface area (Å²) in [6, 6.07) is 9.40. The fourth-order valence-corrected chi connectivity index (χ4v) is 3.89. The first-order chi connectivity index (χ1) is 13.4. The van der Waals surface area contributed by atoms with Crippen molar-refractivity contribution < 1.29 is 24.2 Å². The van der Waals surface area contributed by atoms with Crippen LogP contribution in [0.2, 0.25) is 0 Å². The van der Waals surface area contributed by atoms with Crippen LogP contribution in [-0.4, -0.2) is 65.5 Å². The number of carbonyl (C=O) groups is 3. The quantitative estimate of drug-likeness (QED) is 0.806. The Hall–Kier alpha value is -2.57. The molecular formula is C21H28N2O5. The van der Waals surface area contributed by atoms with E-state index < -0.39 is 11.4 Å². The lowest BCUT2D eigenvalue weighted by Crippen LogP contribution is -2.44. The number of aliphatic carboxylic acids is 1. The van der Waals surface area contributed by atoms with Gasteiger partial charge in [-0.1, -0.05) is 18.2 Å². The third-order valence-electron chi connectivity index (χ3n) is 5.83. The lowest BCUT2D eigenvalue weighted by molar-refractivity contribution is -0.148. The minimum Gasteiger partial charge on any atom is -0.493 e. The number of carbonyl (C=O) groups excluding carboxylic acids is 2. The van der Waals surface area contributed by atoms with Crippen LogP contribution in [0.25, 0.3) is 0 Å². The van der Waals surface area contributed by atoms with Gasteiger partial charge in [0, 0.05) is 32.1 Å². The van der Waals surface area contributed by atoms with Gasteiger partial charge in [0.25, 0.3) is 0 Å². The molecule has 3 rings (SSSR count). The standard InChI is InChI=1S/C21H28N2O5/c1-21(20(26)27)10-13-23(15-21)19(25)16-7-11-22(12-8-16)18(24)9-14-28-17-5-3-2-4-6-17/h2-6,16H,7-15H2,1H3,(H,26,27). The van der Waals surface area contributed by atoms with E-state index in [1.807, 2.05) is 30.3 Å². The molecule has 0 saturated carbocycles. The molecule has 1 atom stereocenters. The summed E-state index contributed by atoms with van der Waals surface area (Å²) in [5.74, 6) is -0.147. The van der Waals surface area contributed by atoms with Gasteiger partial charge in [-0.15, -0.1) is 0 Å². The first kappa shape index (κ1) is 20.2. The maximum Gasteiger partial charge on any atom is 0.311 e. The van der Waals surface area contributed by atoms with E-state index >= 15 is 0 Å². The number of piperidine rings is 1. The van der Waals surface area contributed by atoms with Crippen LogP contribution in [0.3, 0.4) is 0 Å². The first-order valence-corrected chi connectivity index (χ1v) is 9.87.